The second-order valence-electron chi connectivity index (χ2n) is 2.45. The van der Waals surface area contributed by atoms with Crippen LogP contribution in [0.2, 0.25) is 0 Å². The van der Waals surface area contributed by atoms with Gasteiger partial charge in [-0.1, -0.05) is 0 Å². The van der Waals surface area contributed by atoms with Crippen LogP contribution in [0.4, 0.5) is 0 Å². The summed E-state index contributed by atoms with van der Waals surface area (Å²) in [5.41, 5.74) is 0. The predicted molar refractivity (Wildman–Crippen MR) is 43.5 cm³/mol. The fourth-order valence-electron chi connectivity index (χ4n) is 1.23. The largest absolute Gasteiger partial charge is 0.432 e. The highest BCUT2D eigenvalue weighted by Gasteiger charge is 2.28. The van der Waals surface area contributed by atoms with E-state index in [9.17, 15) is 0 Å². The van der Waals surface area contributed by atoms with Gasteiger partial charge in [0.05, 0.1) is 0 Å². The van der Waals surface area contributed by atoms with E-state index in [0.717, 1.165) is 24.4 Å². The number of hydrogen-bond donors (Lipinski definition) is 0. The minimum absolute atomic E-state index is 0.777. The summed E-state index contributed by atoms with van der Waals surface area (Å²) in [5, 5.41) is 0. The summed E-state index contributed by atoms with van der Waals surface area (Å²) >= 11 is 3.31. The maximum Gasteiger partial charge on any atom is 0.367 e. The standard InChI is InChI=1S/C6H8BrO2P/c7-10-8-5-3-1-2-4-6(5)9-10/h1-4H2. The summed E-state index contributed by atoms with van der Waals surface area (Å²) in [7, 11) is -0.777. The van der Waals surface area contributed by atoms with Gasteiger partial charge in [-0.05, 0) is 12.8 Å². The Morgan fingerprint density at radius 2 is 1.60 bits per heavy atom. The summed E-state index contributed by atoms with van der Waals surface area (Å²) in [5.74, 6) is 2.18. The van der Waals surface area contributed by atoms with Gasteiger partial charge >= 0.3 is 7.08 Å². The van der Waals surface area contributed by atoms with E-state index < -0.39 is 7.08 Å². The molecule has 0 amide bonds. The van der Waals surface area contributed by atoms with E-state index in [4.69, 9.17) is 9.05 Å². The van der Waals surface area contributed by atoms with Crippen LogP contribution in [0.5, 0.6) is 0 Å². The molecular weight excluding hydrogens is 215 g/mol. The number of hydrogen-bond acceptors (Lipinski definition) is 2. The number of halogens is 1. The smallest absolute Gasteiger partial charge is 0.367 e. The molecule has 0 saturated heterocycles. The Balaban J connectivity index is 2.13. The van der Waals surface area contributed by atoms with Crippen LogP contribution >= 0.6 is 22.6 Å². The first kappa shape index (κ1) is 6.93. The van der Waals surface area contributed by atoms with Crippen molar-refractivity contribution in [2.45, 2.75) is 25.7 Å². The maximum atomic E-state index is 5.40. The highest BCUT2D eigenvalue weighted by atomic mass is 79.9. The lowest BCUT2D eigenvalue weighted by atomic mass is 10.1. The van der Waals surface area contributed by atoms with Crippen LogP contribution in [0.1, 0.15) is 25.7 Å². The minimum Gasteiger partial charge on any atom is -0.432 e. The Bertz CT molecular complexity index is 163. The normalized spacial score (nSPS) is 25.7. The van der Waals surface area contributed by atoms with Crippen molar-refractivity contribution in [1.82, 2.24) is 0 Å². The molecule has 56 valence electrons. The number of rotatable bonds is 0. The molecule has 1 aliphatic carbocycles. The Labute approximate surface area is 69.2 Å². The fourth-order valence-corrected chi connectivity index (χ4v) is 3.05. The predicted octanol–water partition coefficient (Wildman–Crippen LogP) is 3.44. The SMILES string of the molecule is BrP1OC2=C(CCCC2)O1. The molecule has 10 heavy (non-hydrogen) atoms. The lowest BCUT2D eigenvalue weighted by molar-refractivity contribution is 0.425. The van der Waals surface area contributed by atoms with Crippen molar-refractivity contribution >= 4 is 22.6 Å². The molecule has 0 spiro atoms. The molecule has 0 unspecified atom stereocenters. The second kappa shape index (κ2) is 2.71. The first-order valence-electron chi connectivity index (χ1n) is 3.40. The summed E-state index contributed by atoms with van der Waals surface area (Å²) in [6.07, 6.45) is 4.64. The van der Waals surface area contributed by atoms with Gasteiger partial charge in [-0.3, -0.25) is 0 Å². The van der Waals surface area contributed by atoms with Crippen molar-refractivity contribution in [1.29, 1.82) is 0 Å². The quantitative estimate of drug-likeness (QED) is 0.585. The molecule has 2 rings (SSSR count). The molecule has 0 N–H and O–H groups in total. The van der Waals surface area contributed by atoms with Gasteiger partial charge in [0.1, 0.15) is 11.5 Å². The van der Waals surface area contributed by atoms with Crippen molar-refractivity contribution < 1.29 is 9.05 Å². The first-order valence-corrected chi connectivity index (χ1v) is 6.60. The Morgan fingerprint density at radius 3 is 2.10 bits per heavy atom. The van der Waals surface area contributed by atoms with Gasteiger partial charge < -0.3 is 9.05 Å². The molecule has 2 aliphatic rings. The minimum atomic E-state index is -0.777. The molecular formula is C6H8BrO2P. The van der Waals surface area contributed by atoms with Crippen LogP contribution in [0.15, 0.2) is 11.5 Å². The molecule has 1 aliphatic heterocycles. The van der Waals surface area contributed by atoms with E-state index in [0.29, 0.717) is 0 Å². The van der Waals surface area contributed by atoms with Crippen LogP contribution in [-0.2, 0) is 9.05 Å². The van der Waals surface area contributed by atoms with Gasteiger partial charge in [0.15, 0.2) is 0 Å². The monoisotopic (exact) mass is 222 g/mol. The Morgan fingerprint density at radius 1 is 1.10 bits per heavy atom. The lowest BCUT2D eigenvalue weighted by Gasteiger charge is -2.07. The van der Waals surface area contributed by atoms with Crippen molar-refractivity contribution in [3.05, 3.63) is 11.5 Å². The molecule has 0 atom stereocenters. The van der Waals surface area contributed by atoms with E-state index in [1.165, 1.54) is 12.8 Å². The van der Waals surface area contributed by atoms with Crippen molar-refractivity contribution in [3.63, 3.8) is 0 Å². The maximum absolute atomic E-state index is 5.40. The molecule has 0 saturated carbocycles. The van der Waals surface area contributed by atoms with Gasteiger partial charge in [-0.25, -0.2) is 0 Å². The number of allylic oxidation sites excluding steroid dienone is 2. The molecule has 0 aromatic rings. The zero-order valence-electron chi connectivity index (χ0n) is 5.47. The summed E-state index contributed by atoms with van der Waals surface area (Å²) in [6, 6.07) is 0. The first-order chi connectivity index (χ1) is 4.86. The average molecular weight is 223 g/mol. The molecule has 0 bridgehead atoms. The Kier molecular flexibility index (Phi) is 1.88. The van der Waals surface area contributed by atoms with E-state index in [1.54, 1.807) is 0 Å². The van der Waals surface area contributed by atoms with Crippen LogP contribution in [0.25, 0.3) is 0 Å². The molecule has 0 aromatic carbocycles. The van der Waals surface area contributed by atoms with Gasteiger partial charge in [-0.15, -0.1) is 0 Å². The third-order valence-electron chi connectivity index (χ3n) is 1.73. The van der Waals surface area contributed by atoms with E-state index >= 15 is 0 Å². The van der Waals surface area contributed by atoms with E-state index in [1.807, 2.05) is 0 Å². The van der Waals surface area contributed by atoms with Crippen LogP contribution in [0, 0.1) is 0 Å². The van der Waals surface area contributed by atoms with Crippen molar-refractivity contribution in [2.75, 3.05) is 0 Å². The Hall–Kier alpha value is 0.250. The van der Waals surface area contributed by atoms with Crippen molar-refractivity contribution in [3.8, 4) is 0 Å². The van der Waals surface area contributed by atoms with Gasteiger partial charge in [0.2, 0.25) is 0 Å². The molecule has 0 radical (unpaired) electrons. The molecule has 0 aromatic heterocycles. The summed E-state index contributed by atoms with van der Waals surface area (Å²) in [6.45, 7) is 0. The molecule has 4 heteroatoms. The van der Waals surface area contributed by atoms with Crippen molar-refractivity contribution in [2.24, 2.45) is 0 Å². The highest BCUT2D eigenvalue weighted by molar-refractivity contribution is 9.38. The van der Waals surface area contributed by atoms with Crippen LogP contribution < -0.4 is 0 Å². The zero-order valence-corrected chi connectivity index (χ0v) is 7.95. The zero-order chi connectivity index (χ0) is 6.97. The fraction of sp³-hybridized carbons (Fsp3) is 0.667. The lowest BCUT2D eigenvalue weighted by Crippen LogP contribution is -1.94. The van der Waals surface area contributed by atoms with Crippen LogP contribution in [0.3, 0.4) is 0 Å². The van der Waals surface area contributed by atoms with Gasteiger partial charge in [0, 0.05) is 28.3 Å². The van der Waals surface area contributed by atoms with E-state index in [-0.39, 0.29) is 0 Å². The second-order valence-corrected chi connectivity index (χ2v) is 4.98. The van der Waals surface area contributed by atoms with Gasteiger partial charge in [-0.2, -0.15) is 0 Å². The summed E-state index contributed by atoms with van der Waals surface area (Å²) < 4.78 is 10.8. The topological polar surface area (TPSA) is 18.5 Å². The van der Waals surface area contributed by atoms with Crippen LogP contribution in [-0.4, -0.2) is 0 Å². The third kappa shape index (κ3) is 1.17. The van der Waals surface area contributed by atoms with E-state index in [2.05, 4.69) is 15.5 Å². The average Bonchev–Trinajstić information content (AvgIpc) is 2.27. The highest BCUT2D eigenvalue weighted by Crippen LogP contribution is 2.58. The third-order valence-corrected chi connectivity index (χ3v) is 3.33. The summed E-state index contributed by atoms with van der Waals surface area (Å²) in [4.78, 5) is 0. The molecule has 0 fully saturated rings. The molecule has 2 nitrogen and oxygen atoms in total. The van der Waals surface area contributed by atoms with Gasteiger partial charge in [0.25, 0.3) is 0 Å². The molecule has 1 heterocycles.